The predicted octanol–water partition coefficient (Wildman–Crippen LogP) is 6.91. The molecule has 0 radical (unpaired) electrons. The van der Waals surface area contributed by atoms with Gasteiger partial charge in [-0.25, -0.2) is 13.2 Å². The van der Waals surface area contributed by atoms with Gasteiger partial charge in [0, 0.05) is 29.4 Å². The fraction of sp³-hybridized carbons (Fsp3) is 0.448. The first-order chi connectivity index (χ1) is 18.3. The molecule has 0 spiro atoms. The predicted molar refractivity (Wildman–Crippen MR) is 143 cm³/mol. The largest absolute Gasteiger partial charge is 0.497 e. The number of aliphatic carboxylic acids is 1. The van der Waals surface area contributed by atoms with Crippen molar-refractivity contribution in [3.8, 4) is 5.75 Å². The zero-order valence-corrected chi connectivity index (χ0v) is 22.2. The number of hydrogen-bond donors (Lipinski definition) is 1. The number of carboxylic acid groups (broad SMARTS) is 1. The van der Waals surface area contributed by atoms with Gasteiger partial charge in [0.1, 0.15) is 23.6 Å². The first kappa shape index (κ1) is 28.2. The summed E-state index contributed by atoms with van der Waals surface area (Å²) >= 11 is 1.28. The van der Waals surface area contributed by atoms with Gasteiger partial charge >= 0.3 is 5.97 Å². The Bertz CT molecular complexity index is 1240. The topological polar surface area (TPSA) is 62.7 Å². The minimum absolute atomic E-state index is 0.0523. The van der Waals surface area contributed by atoms with E-state index in [9.17, 15) is 18.7 Å². The number of hydrogen-bond acceptors (Lipinski definition) is 5. The number of methoxy groups -OCH3 is 1. The number of pyridine rings is 1. The Hall–Kier alpha value is -2.78. The van der Waals surface area contributed by atoms with Crippen LogP contribution < -0.4 is 4.74 Å². The van der Waals surface area contributed by atoms with Crippen molar-refractivity contribution in [2.75, 3.05) is 32.5 Å². The Balaban J connectivity index is 1.31. The molecule has 1 aliphatic heterocycles. The third-order valence-electron chi connectivity index (χ3n) is 7.29. The standard InChI is InChI=1S/C29H33F3N2O3S/c1-37-22-5-8-27-24(17-22)23(9-11-33-27)25(31)6-3-19-10-13-34(18-20(19)15-29(35)36)12-2-14-38-28-16-21(30)4-7-26(28)32/h4-5,7-9,11,16-17,19-20,25H,2-3,6,10,12-15,18H2,1H3,(H,35,36)/t19-,20+,25?/m1/s1. The molecule has 0 amide bonds. The quantitative estimate of drug-likeness (QED) is 0.197. The molecule has 204 valence electrons. The summed E-state index contributed by atoms with van der Waals surface area (Å²) in [4.78, 5) is 18.4. The Kier molecular flexibility index (Phi) is 9.91. The van der Waals surface area contributed by atoms with Crippen LogP contribution in [-0.2, 0) is 4.79 Å². The van der Waals surface area contributed by atoms with Crippen LogP contribution in [0.5, 0.6) is 5.75 Å². The molecule has 1 fully saturated rings. The van der Waals surface area contributed by atoms with Crippen LogP contribution in [0.15, 0.2) is 53.6 Å². The number of benzene rings is 2. The van der Waals surface area contributed by atoms with E-state index in [1.807, 2.05) is 6.07 Å². The Labute approximate surface area is 225 Å². The molecule has 3 atom stereocenters. The van der Waals surface area contributed by atoms with Crippen molar-refractivity contribution in [1.82, 2.24) is 9.88 Å². The third kappa shape index (κ3) is 7.41. The van der Waals surface area contributed by atoms with Gasteiger partial charge in [0.05, 0.1) is 12.6 Å². The number of nitrogens with zero attached hydrogens (tertiary/aromatic N) is 2. The molecule has 2 aromatic carbocycles. The lowest BCUT2D eigenvalue weighted by Gasteiger charge is -2.38. The van der Waals surface area contributed by atoms with Gasteiger partial charge in [0.2, 0.25) is 0 Å². The molecule has 3 aromatic rings. The van der Waals surface area contributed by atoms with E-state index in [0.29, 0.717) is 46.9 Å². The number of piperidine rings is 1. The second-order valence-corrected chi connectivity index (χ2v) is 10.9. The van der Waals surface area contributed by atoms with Crippen molar-refractivity contribution < 1.29 is 27.8 Å². The second-order valence-electron chi connectivity index (χ2n) is 9.81. The van der Waals surface area contributed by atoms with Crippen molar-refractivity contribution in [1.29, 1.82) is 0 Å². The van der Waals surface area contributed by atoms with Gasteiger partial charge in [-0.3, -0.25) is 9.78 Å². The van der Waals surface area contributed by atoms with E-state index in [4.69, 9.17) is 4.74 Å². The SMILES string of the molecule is COc1ccc2nccc(C(F)CC[C@@H]3CCN(CCCSc4cc(F)ccc4F)C[C@@H]3CC(=O)O)c2c1. The summed E-state index contributed by atoms with van der Waals surface area (Å²) in [6.07, 6.45) is 2.98. The van der Waals surface area contributed by atoms with Gasteiger partial charge < -0.3 is 14.7 Å². The second kappa shape index (κ2) is 13.3. The summed E-state index contributed by atoms with van der Waals surface area (Å²) in [5.74, 6) is -0.382. The number of thioether (sulfide) groups is 1. The van der Waals surface area contributed by atoms with Crippen LogP contribution in [0.25, 0.3) is 10.9 Å². The summed E-state index contributed by atoms with van der Waals surface area (Å²) in [5.41, 5.74) is 1.29. The van der Waals surface area contributed by atoms with Crippen LogP contribution in [-0.4, -0.2) is 53.5 Å². The summed E-state index contributed by atoms with van der Waals surface area (Å²) in [5, 5.41) is 10.2. The first-order valence-corrected chi connectivity index (χ1v) is 13.9. The summed E-state index contributed by atoms with van der Waals surface area (Å²) in [6, 6.07) is 10.6. The highest BCUT2D eigenvalue weighted by molar-refractivity contribution is 7.99. The summed E-state index contributed by atoms with van der Waals surface area (Å²) in [7, 11) is 1.57. The maximum atomic E-state index is 15.5. The maximum absolute atomic E-state index is 15.5. The van der Waals surface area contributed by atoms with E-state index >= 15 is 4.39 Å². The molecule has 1 unspecified atom stereocenters. The lowest BCUT2D eigenvalue weighted by Crippen LogP contribution is -2.42. The molecule has 1 saturated heterocycles. The molecule has 38 heavy (non-hydrogen) atoms. The van der Waals surface area contributed by atoms with Crippen LogP contribution in [0.3, 0.4) is 0 Å². The molecule has 0 bridgehead atoms. The van der Waals surface area contributed by atoms with Crippen molar-refractivity contribution in [3.63, 3.8) is 0 Å². The molecule has 1 aromatic heterocycles. The molecule has 1 aliphatic rings. The molecule has 2 heterocycles. The van der Waals surface area contributed by atoms with Crippen molar-refractivity contribution in [3.05, 3.63) is 65.9 Å². The smallest absolute Gasteiger partial charge is 0.303 e. The zero-order valence-electron chi connectivity index (χ0n) is 21.4. The number of halogens is 3. The van der Waals surface area contributed by atoms with Crippen molar-refractivity contribution >= 4 is 28.6 Å². The Morgan fingerprint density at radius 2 is 2.05 bits per heavy atom. The lowest BCUT2D eigenvalue weighted by atomic mass is 9.79. The van der Waals surface area contributed by atoms with Gasteiger partial charge in [-0.2, -0.15) is 0 Å². The minimum Gasteiger partial charge on any atom is -0.497 e. The van der Waals surface area contributed by atoms with Crippen LogP contribution >= 0.6 is 11.8 Å². The van der Waals surface area contributed by atoms with Crippen LogP contribution in [0, 0.1) is 23.5 Å². The van der Waals surface area contributed by atoms with Crippen LogP contribution in [0.1, 0.15) is 43.8 Å². The highest BCUT2D eigenvalue weighted by Gasteiger charge is 2.31. The average Bonchev–Trinajstić information content (AvgIpc) is 2.91. The monoisotopic (exact) mass is 546 g/mol. The zero-order chi connectivity index (χ0) is 27.1. The molecular weight excluding hydrogens is 513 g/mol. The fourth-order valence-corrected chi connectivity index (χ4v) is 6.21. The van der Waals surface area contributed by atoms with Crippen LogP contribution in [0.4, 0.5) is 13.2 Å². The molecule has 0 aliphatic carbocycles. The van der Waals surface area contributed by atoms with E-state index in [1.54, 1.807) is 31.5 Å². The Morgan fingerprint density at radius 1 is 1.21 bits per heavy atom. The molecule has 1 N–H and O–H groups in total. The third-order valence-corrected chi connectivity index (χ3v) is 8.41. The van der Waals surface area contributed by atoms with Gasteiger partial charge in [-0.05, 0) is 104 Å². The summed E-state index contributed by atoms with van der Waals surface area (Å²) < 4.78 is 48.0. The van der Waals surface area contributed by atoms with Crippen molar-refractivity contribution in [2.24, 2.45) is 11.8 Å². The van der Waals surface area contributed by atoms with E-state index in [1.165, 1.54) is 17.8 Å². The number of carbonyl (C=O) groups is 1. The number of alkyl halides is 1. The molecule has 9 heteroatoms. The number of rotatable bonds is 12. The summed E-state index contributed by atoms with van der Waals surface area (Å²) in [6.45, 7) is 2.21. The number of carboxylic acids is 1. The first-order valence-electron chi connectivity index (χ1n) is 12.9. The van der Waals surface area contributed by atoms with E-state index in [0.717, 1.165) is 43.5 Å². The number of ether oxygens (including phenoxy) is 1. The Morgan fingerprint density at radius 3 is 2.84 bits per heavy atom. The van der Waals surface area contributed by atoms with Gasteiger partial charge in [-0.15, -0.1) is 11.8 Å². The van der Waals surface area contributed by atoms with E-state index < -0.39 is 23.8 Å². The number of fused-ring (bicyclic) bond motifs is 1. The fourth-order valence-electron chi connectivity index (χ4n) is 5.32. The van der Waals surface area contributed by atoms with Crippen molar-refractivity contribution in [2.45, 2.75) is 43.2 Å². The van der Waals surface area contributed by atoms with Crippen LogP contribution in [0.2, 0.25) is 0 Å². The molecular formula is C29H33F3N2O3S. The normalized spacial score (nSPS) is 18.9. The number of likely N-dealkylation sites (tertiary alicyclic amines) is 1. The van der Waals surface area contributed by atoms with E-state index in [2.05, 4.69) is 9.88 Å². The van der Waals surface area contributed by atoms with Gasteiger partial charge in [0.25, 0.3) is 0 Å². The highest BCUT2D eigenvalue weighted by atomic mass is 32.2. The van der Waals surface area contributed by atoms with Gasteiger partial charge in [-0.1, -0.05) is 0 Å². The molecule has 4 rings (SSSR count). The van der Waals surface area contributed by atoms with Gasteiger partial charge in [0.15, 0.2) is 0 Å². The van der Waals surface area contributed by atoms with E-state index in [-0.39, 0.29) is 18.3 Å². The maximum Gasteiger partial charge on any atom is 0.303 e. The highest BCUT2D eigenvalue weighted by Crippen LogP contribution is 2.36. The molecule has 0 saturated carbocycles. The molecule has 5 nitrogen and oxygen atoms in total. The average molecular weight is 547 g/mol. The lowest BCUT2D eigenvalue weighted by molar-refractivity contribution is -0.139. The number of aromatic nitrogens is 1. The minimum atomic E-state index is -1.18.